The highest BCUT2D eigenvalue weighted by Gasteiger charge is 2.46. The second-order valence-electron chi connectivity index (χ2n) is 4.21. The number of carbonyl (C=O) groups is 1. The molecule has 0 saturated heterocycles. The molecule has 2 aromatic rings. The van der Waals surface area contributed by atoms with Gasteiger partial charge in [-0.1, -0.05) is 0 Å². The summed E-state index contributed by atoms with van der Waals surface area (Å²) < 4.78 is 4.85. The van der Waals surface area contributed by atoms with Crippen molar-refractivity contribution in [3.05, 3.63) is 34.3 Å². The molecule has 5 heteroatoms. The maximum Gasteiger partial charge on any atom is 0.417 e. The molecule has 82 valence electrons. The predicted molar refractivity (Wildman–Crippen MR) is 57.3 cm³/mol. The molecule has 1 heterocycles. The van der Waals surface area contributed by atoms with Gasteiger partial charge in [-0.15, -0.1) is 0 Å². The Kier molecular flexibility index (Phi) is 1.65. The van der Waals surface area contributed by atoms with Crippen LogP contribution in [0.1, 0.15) is 23.2 Å². The highest BCUT2D eigenvalue weighted by atomic mass is 16.4. The van der Waals surface area contributed by atoms with E-state index in [0.29, 0.717) is 16.7 Å². The zero-order chi connectivity index (χ0) is 11.3. The number of oxazole rings is 1. The van der Waals surface area contributed by atoms with Crippen molar-refractivity contribution in [2.24, 2.45) is 5.73 Å². The number of nitrogens with two attached hydrogens (primary N) is 1. The molecule has 1 aromatic carbocycles. The lowest BCUT2D eigenvalue weighted by Gasteiger charge is -2.06. The Morgan fingerprint density at radius 1 is 1.44 bits per heavy atom. The summed E-state index contributed by atoms with van der Waals surface area (Å²) in [7, 11) is 0. The fourth-order valence-corrected chi connectivity index (χ4v) is 1.74. The fourth-order valence-electron chi connectivity index (χ4n) is 1.74. The minimum absolute atomic E-state index is 0.0727. The monoisotopic (exact) mass is 218 g/mol. The quantitative estimate of drug-likeness (QED) is 0.729. The minimum Gasteiger partial charge on any atom is -0.408 e. The van der Waals surface area contributed by atoms with E-state index in [1.54, 1.807) is 18.2 Å². The van der Waals surface area contributed by atoms with Crippen LogP contribution in [0.3, 0.4) is 0 Å². The summed E-state index contributed by atoms with van der Waals surface area (Å²) in [5.41, 5.74) is 6.64. The van der Waals surface area contributed by atoms with Crippen LogP contribution in [-0.4, -0.2) is 16.3 Å². The molecule has 5 nitrogen and oxygen atoms in total. The van der Waals surface area contributed by atoms with Gasteiger partial charge in [0.2, 0.25) is 0 Å². The highest BCUT2D eigenvalue weighted by molar-refractivity contribution is 6.06. The van der Waals surface area contributed by atoms with Gasteiger partial charge in [-0.25, -0.2) is 4.79 Å². The number of hydrogen-bond acceptors (Lipinski definition) is 4. The van der Waals surface area contributed by atoms with Gasteiger partial charge in [0.05, 0.1) is 11.1 Å². The Balaban J connectivity index is 2.11. The molecule has 0 amide bonds. The van der Waals surface area contributed by atoms with Gasteiger partial charge in [-0.3, -0.25) is 9.78 Å². The van der Waals surface area contributed by atoms with Gasteiger partial charge in [-0.2, -0.15) is 0 Å². The molecule has 0 radical (unpaired) electrons. The van der Waals surface area contributed by atoms with Gasteiger partial charge in [-0.05, 0) is 31.0 Å². The van der Waals surface area contributed by atoms with Crippen LogP contribution in [0.25, 0.3) is 11.1 Å². The van der Waals surface area contributed by atoms with Crippen LogP contribution in [0.2, 0.25) is 0 Å². The van der Waals surface area contributed by atoms with Crippen LogP contribution in [0, 0.1) is 0 Å². The topological polar surface area (TPSA) is 89.1 Å². The summed E-state index contributed by atoms with van der Waals surface area (Å²) in [6, 6.07) is 4.84. The molecule has 1 aliphatic rings. The second-order valence-corrected chi connectivity index (χ2v) is 4.21. The first-order valence-corrected chi connectivity index (χ1v) is 5.05. The van der Waals surface area contributed by atoms with Gasteiger partial charge >= 0.3 is 5.76 Å². The molecule has 1 aromatic heterocycles. The lowest BCUT2D eigenvalue weighted by molar-refractivity contribution is 0.0949. The molecule has 0 bridgehead atoms. The fraction of sp³-hybridized carbons (Fsp3) is 0.273. The van der Waals surface area contributed by atoms with Gasteiger partial charge in [0.1, 0.15) is 0 Å². The van der Waals surface area contributed by atoms with E-state index in [0.717, 1.165) is 12.8 Å². The maximum absolute atomic E-state index is 11.9. The van der Waals surface area contributed by atoms with Crippen molar-refractivity contribution in [2.45, 2.75) is 18.4 Å². The number of hydrogen-bond donors (Lipinski definition) is 2. The van der Waals surface area contributed by atoms with E-state index < -0.39 is 11.3 Å². The zero-order valence-electron chi connectivity index (χ0n) is 8.45. The summed E-state index contributed by atoms with van der Waals surface area (Å²) in [4.78, 5) is 25.4. The van der Waals surface area contributed by atoms with Gasteiger partial charge in [0.25, 0.3) is 0 Å². The van der Waals surface area contributed by atoms with Crippen molar-refractivity contribution < 1.29 is 9.21 Å². The van der Waals surface area contributed by atoms with Crippen molar-refractivity contribution in [3.8, 4) is 0 Å². The summed E-state index contributed by atoms with van der Waals surface area (Å²) >= 11 is 0. The van der Waals surface area contributed by atoms with Crippen molar-refractivity contribution in [1.29, 1.82) is 0 Å². The Hall–Kier alpha value is -1.88. The van der Waals surface area contributed by atoms with Crippen LogP contribution >= 0.6 is 0 Å². The zero-order valence-corrected chi connectivity index (χ0v) is 8.45. The molecule has 0 unspecified atom stereocenters. The summed E-state index contributed by atoms with van der Waals surface area (Å²) in [6.07, 6.45) is 1.46. The molecule has 0 aliphatic heterocycles. The lowest BCUT2D eigenvalue weighted by Crippen LogP contribution is -2.32. The van der Waals surface area contributed by atoms with E-state index >= 15 is 0 Å². The van der Waals surface area contributed by atoms with E-state index in [4.69, 9.17) is 10.2 Å². The van der Waals surface area contributed by atoms with Crippen molar-refractivity contribution in [1.82, 2.24) is 4.98 Å². The van der Waals surface area contributed by atoms with E-state index in [9.17, 15) is 9.59 Å². The third-order valence-corrected chi connectivity index (χ3v) is 2.92. The number of carbonyl (C=O) groups excluding carboxylic acids is 1. The van der Waals surface area contributed by atoms with Crippen molar-refractivity contribution in [2.75, 3.05) is 0 Å². The molecule has 1 aliphatic carbocycles. The van der Waals surface area contributed by atoms with E-state index in [1.807, 2.05) is 0 Å². The number of aromatic nitrogens is 1. The average Bonchev–Trinajstić information content (AvgIpc) is 2.89. The number of H-pyrrole nitrogens is 1. The first-order valence-electron chi connectivity index (χ1n) is 5.05. The number of benzene rings is 1. The standard InChI is InChI=1S/C11H10N2O3/c12-11(3-4-11)9(14)6-1-2-8-7(5-6)13-10(15)16-8/h1-2,5H,3-4,12H2,(H,13,15). The number of nitrogens with one attached hydrogen (secondary N) is 1. The van der Waals surface area contributed by atoms with Crippen LogP contribution in [0.5, 0.6) is 0 Å². The predicted octanol–water partition coefficient (Wildman–Crippen LogP) is 0.795. The molecule has 0 spiro atoms. The van der Waals surface area contributed by atoms with E-state index in [1.165, 1.54) is 0 Å². The molecule has 0 atom stereocenters. The van der Waals surface area contributed by atoms with Crippen molar-refractivity contribution >= 4 is 16.9 Å². The number of Topliss-reactive ketones (excluding diaryl/α,β-unsaturated/α-hetero) is 1. The second kappa shape index (κ2) is 2.82. The van der Waals surface area contributed by atoms with Crippen LogP contribution in [0.4, 0.5) is 0 Å². The van der Waals surface area contributed by atoms with Gasteiger partial charge in [0.15, 0.2) is 11.4 Å². The third-order valence-electron chi connectivity index (χ3n) is 2.92. The van der Waals surface area contributed by atoms with Crippen LogP contribution in [0.15, 0.2) is 27.4 Å². The smallest absolute Gasteiger partial charge is 0.408 e. The normalized spacial score (nSPS) is 17.6. The Bertz CT molecular complexity index is 634. The summed E-state index contributed by atoms with van der Waals surface area (Å²) in [5, 5.41) is 0. The van der Waals surface area contributed by atoms with Crippen LogP contribution < -0.4 is 11.5 Å². The number of fused-ring (bicyclic) bond motifs is 1. The first kappa shape index (κ1) is 9.35. The van der Waals surface area contributed by atoms with E-state index in [2.05, 4.69) is 4.98 Å². The molecule has 3 rings (SSSR count). The Morgan fingerprint density at radius 2 is 2.19 bits per heavy atom. The highest BCUT2D eigenvalue weighted by Crippen LogP contribution is 2.35. The first-order chi connectivity index (χ1) is 7.58. The van der Waals surface area contributed by atoms with Crippen LogP contribution in [-0.2, 0) is 0 Å². The summed E-state index contributed by atoms with van der Waals surface area (Å²) in [6.45, 7) is 0. The summed E-state index contributed by atoms with van der Waals surface area (Å²) in [5.74, 6) is -0.593. The number of ketones is 1. The van der Waals surface area contributed by atoms with Gasteiger partial charge < -0.3 is 10.2 Å². The SMILES string of the molecule is NC1(C(=O)c2ccc3oc(=O)[nH]c3c2)CC1. The molecule has 16 heavy (non-hydrogen) atoms. The minimum atomic E-state index is -0.683. The van der Waals surface area contributed by atoms with Gasteiger partial charge in [0, 0.05) is 5.56 Å². The largest absolute Gasteiger partial charge is 0.417 e. The molecule has 1 fully saturated rings. The Morgan fingerprint density at radius 3 is 2.88 bits per heavy atom. The molecular weight excluding hydrogens is 208 g/mol. The number of aromatic amines is 1. The molecular formula is C11H10N2O3. The molecule has 1 saturated carbocycles. The molecule has 3 N–H and O–H groups in total. The third kappa shape index (κ3) is 1.29. The number of rotatable bonds is 2. The van der Waals surface area contributed by atoms with E-state index in [-0.39, 0.29) is 5.78 Å². The maximum atomic E-state index is 11.9. The Labute approximate surface area is 90.2 Å². The average molecular weight is 218 g/mol. The lowest BCUT2D eigenvalue weighted by atomic mass is 10.0. The van der Waals surface area contributed by atoms with Crippen molar-refractivity contribution in [3.63, 3.8) is 0 Å².